The van der Waals surface area contributed by atoms with Gasteiger partial charge in [0.15, 0.2) is 0 Å². The van der Waals surface area contributed by atoms with Crippen LogP contribution < -0.4 is 5.32 Å². The van der Waals surface area contributed by atoms with E-state index in [4.69, 9.17) is 11.2 Å². The number of amides is 1. The van der Waals surface area contributed by atoms with Crippen molar-refractivity contribution in [1.29, 1.82) is 0 Å². The van der Waals surface area contributed by atoms with Crippen molar-refractivity contribution in [1.82, 2.24) is 9.88 Å². The SMILES string of the molecule is C#CC(Cn1cc(O)c2ccccc21)(NC(=O)OCC)C(=O)O. The molecule has 7 heteroatoms. The van der Waals surface area contributed by atoms with Crippen LogP contribution in [0.5, 0.6) is 5.75 Å². The number of rotatable bonds is 5. The number of aromatic nitrogens is 1. The number of terminal acetylenes is 1. The number of para-hydroxylation sites is 1. The van der Waals surface area contributed by atoms with E-state index in [2.05, 4.69) is 11.2 Å². The van der Waals surface area contributed by atoms with E-state index in [1.165, 1.54) is 10.8 Å². The topological polar surface area (TPSA) is 101 Å². The number of hydrogen-bond donors (Lipinski definition) is 3. The summed E-state index contributed by atoms with van der Waals surface area (Å²) in [6, 6.07) is 6.89. The molecule has 3 N–H and O–H groups in total. The fraction of sp³-hybridized carbons (Fsp3) is 0.250. The Bertz CT molecular complexity index is 789. The molecule has 0 aliphatic carbocycles. The molecule has 1 aromatic heterocycles. The lowest BCUT2D eigenvalue weighted by molar-refractivity contribution is -0.142. The number of carbonyl (C=O) groups excluding carboxylic acids is 1. The number of carboxylic acid groups (broad SMARTS) is 1. The minimum Gasteiger partial charge on any atom is -0.506 e. The van der Waals surface area contributed by atoms with Gasteiger partial charge in [-0.15, -0.1) is 6.42 Å². The third-order valence-electron chi connectivity index (χ3n) is 3.38. The van der Waals surface area contributed by atoms with Crippen molar-refractivity contribution >= 4 is 23.0 Å². The highest BCUT2D eigenvalue weighted by molar-refractivity contribution is 5.89. The number of nitrogens with zero attached hydrogens (tertiary/aromatic N) is 1. The first-order chi connectivity index (χ1) is 10.9. The fourth-order valence-electron chi connectivity index (χ4n) is 2.26. The molecule has 1 unspecified atom stereocenters. The molecule has 120 valence electrons. The predicted octanol–water partition coefficient (Wildman–Crippen LogP) is 1.55. The van der Waals surface area contributed by atoms with Crippen LogP contribution in [0.2, 0.25) is 0 Å². The smallest absolute Gasteiger partial charge is 0.408 e. The van der Waals surface area contributed by atoms with Crippen LogP contribution in [0.1, 0.15) is 6.92 Å². The molecule has 0 radical (unpaired) electrons. The minimum atomic E-state index is -2.00. The van der Waals surface area contributed by atoms with Crippen molar-refractivity contribution in [2.75, 3.05) is 6.61 Å². The fourth-order valence-corrected chi connectivity index (χ4v) is 2.26. The third-order valence-corrected chi connectivity index (χ3v) is 3.38. The Labute approximate surface area is 132 Å². The van der Waals surface area contributed by atoms with Crippen molar-refractivity contribution in [3.63, 3.8) is 0 Å². The maximum Gasteiger partial charge on any atom is 0.408 e. The van der Waals surface area contributed by atoms with Gasteiger partial charge in [0, 0.05) is 11.6 Å². The van der Waals surface area contributed by atoms with Gasteiger partial charge in [0.2, 0.25) is 5.54 Å². The summed E-state index contributed by atoms with van der Waals surface area (Å²) in [6.45, 7) is 1.41. The van der Waals surface area contributed by atoms with Gasteiger partial charge in [-0.25, -0.2) is 9.59 Å². The first-order valence-corrected chi connectivity index (χ1v) is 6.86. The van der Waals surface area contributed by atoms with Crippen LogP contribution in [-0.4, -0.2) is 39.0 Å². The molecular weight excluding hydrogens is 300 g/mol. The number of benzene rings is 1. The van der Waals surface area contributed by atoms with Gasteiger partial charge in [0.25, 0.3) is 0 Å². The maximum atomic E-state index is 11.7. The Morgan fingerprint density at radius 2 is 2.13 bits per heavy atom. The van der Waals surface area contributed by atoms with Crippen molar-refractivity contribution < 1.29 is 24.5 Å². The average molecular weight is 316 g/mol. The van der Waals surface area contributed by atoms with E-state index in [0.717, 1.165) is 0 Å². The van der Waals surface area contributed by atoms with E-state index in [0.29, 0.717) is 10.9 Å². The van der Waals surface area contributed by atoms with Crippen molar-refractivity contribution in [2.45, 2.75) is 19.0 Å². The lowest BCUT2D eigenvalue weighted by atomic mass is 10.0. The Morgan fingerprint density at radius 1 is 1.43 bits per heavy atom. The van der Waals surface area contributed by atoms with Gasteiger partial charge in [-0.2, -0.15) is 0 Å². The molecule has 0 aliphatic heterocycles. The molecule has 2 aromatic rings. The first-order valence-electron chi connectivity index (χ1n) is 6.86. The second-order valence-electron chi connectivity index (χ2n) is 4.86. The molecule has 0 aliphatic rings. The van der Waals surface area contributed by atoms with Crippen LogP contribution in [0, 0.1) is 12.3 Å². The van der Waals surface area contributed by atoms with E-state index >= 15 is 0 Å². The molecule has 1 amide bonds. The van der Waals surface area contributed by atoms with Crippen molar-refractivity contribution in [3.8, 4) is 18.1 Å². The van der Waals surface area contributed by atoms with Gasteiger partial charge in [-0.3, -0.25) is 5.32 Å². The van der Waals surface area contributed by atoms with Crippen molar-refractivity contribution in [3.05, 3.63) is 30.5 Å². The van der Waals surface area contributed by atoms with Gasteiger partial charge < -0.3 is 19.5 Å². The summed E-state index contributed by atoms with van der Waals surface area (Å²) < 4.78 is 6.19. The second kappa shape index (κ2) is 6.32. The number of alkyl carbamates (subject to hydrolysis) is 1. The third kappa shape index (κ3) is 3.06. The lowest BCUT2D eigenvalue weighted by Gasteiger charge is -2.25. The zero-order valence-corrected chi connectivity index (χ0v) is 12.4. The summed E-state index contributed by atoms with van der Waals surface area (Å²) in [5, 5.41) is 22.2. The molecule has 0 saturated carbocycles. The molecule has 7 nitrogen and oxygen atoms in total. The number of nitrogens with one attached hydrogen (secondary N) is 1. The first kappa shape index (κ1) is 16.2. The molecule has 0 saturated heterocycles. The molecule has 1 atom stereocenters. The van der Waals surface area contributed by atoms with E-state index in [1.54, 1.807) is 31.2 Å². The zero-order valence-electron chi connectivity index (χ0n) is 12.4. The second-order valence-corrected chi connectivity index (χ2v) is 4.86. The zero-order chi connectivity index (χ0) is 17.0. The molecule has 2 rings (SSSR count). The van der Waals surface area contributed by atoms with Crippen LogP contribution in [-0.2, 0) is 16.1 Å². The highest BCUT2D eigenvalue weighted by atomic mass is 16.5. The van der Waals surface area contributed by atoms with E-state index in [9.17, 15) is 19.8 Å². The molecule has 1 aromatic carbocycles. The molecule has 0 bridgehead atoms. The highest BCUT2D eigenvalue weighted by Gasteiger charge is 2.40. The lowest BCUT2D eigenvalue weighted by Crippen LogP contribution is -2.56. The average Bonchev–Trinajstić information content (AvgIpc) is 2.83. The van der Waals surface area contributed by atoms with Crippen LogP contribution in [0.25, 0.3) is 10.9 Å². The van der Waals surface area contributed by atoms with Gasteiger partial charge in [-0.05, 0) is 19.1 Å². The Hall–Kier alpha value is -3.14. The quantitative estimate of drug-likeness (QED) is 0.727. The van der Waals surface area contributed by atoms with Gasteiger partial charge >= 0.3 is 12.1 Å². The molecule has 0 spiro atoms. The number of hydrogen-bond acceptors (Lipinski definition) is 4. The van der Waals surface area contributed by atoms with E-state index < -0.39 is 17.6 Å². The van der Waals surface area contributed by atoms with E-state index in [-0.39, 0.29) is 18.9 Å². The van der Waals surface area contributed by atoms with Crippen LogP contribution in [0.3, 0.4) is 0 Å². The maximum absolute atomic E-state index is 11.7. The van der Waals surface area contributed by atoms with Crippen molar-refractivity contribution in [2.24, 2.45) is 0 Å². The number of aliphatic carboxylic acids is 1. The normalized spacial score (nSPS) is 13.0. The van der Waals surface area contributed by atoms with Gasteiger partial charge in [-0.1, -0.05) is 18.1 Å². The summed E-state index contributed by atoms with van der Waals surface area (Å²) in [7, 11) is 0. The summed E-state index contributed by atoms with van der Waals surface area (Å²) >= 11 is 0. The summed E-state index contributed by atoms with van der Waals surface area (Å²) in [4.78, 5) is 23.3. The van der Waals surface area contributed by atoms with Crippen LogP contribution >= 0.6 is 0 Å². The Morgan fingerprint density at radius 3 is 2.74 bits per heavy atom. The molecule has 0 fully saturated rings. The summed E-state index contributed by atoms with van der Waals surface area (Å²) in [5.41, 5.74) is -1.41. The number of ether oxygens (including phenoxy) is 1. The standard InChI is InChI=1S/C16H16N2O5/c1-3-16(14(20)21,17-15(22)23-4-2)10-18-9-13(19)11-7-5-6-8-12(11)18/h1,5-9,19H,4,10H2,2H3,(H,17,22)(H,20,21). The minimum absolute atomic E-state index is 0.00644. The predicted molar refractivity (Wildman–Crippen MR) is 83.0 cm³/mol. The molecule has 23 heavy (non-hydrogen) atoms. The highest BCUT2D eigenvalue weighted by Crippen LogP contribution is 2.27. The number of fused-ring (bicyclic) bond motifs is 1. The molecular formula is C16H16N2O5. The monoisotopic (exact) mass is 316 g/mol. The number of carboxylic acids is 1. The Kier molecular flexibility index (Phi) is 4.46. The summed E-state index contributed by atoms with van der Waals surface area (Å²) in [5.74, 6) is 0.709. The van der Waals surface area contributed by atoms with Gasteiger partial charge in [0.1, 0.15) is 5.75 Å². The molecule has 1 heterocycles. The summed E-state index contributed by atoms with van der Waals surface area (Å²) in [6.07, 6.45) is 5.82. The van der Waals surface area contributed by atoms with Crippen LogP contribution in [0.4, 0.5) is 4.79 Å². The Balaban J connectivity index is 2.43. The number of aromatic hydroxyl groups is 1. The number of carbonyl (C=O) groups is 2. The van der Waals surface area contributed by atoms with E-state index in [1.807, 2.05) is 0 Å². The van der Waals surface area contributed by atoms with Crippen LogP contribution in [0.15, 0.2) is 30.5 Å². The largest absolute Gasteiger partial charge is 0.506 e. The van der Waals surface area contributed by atoms with Gasteiger partial charge in [0.05, 0.1) is 18.7 Å².